The number of carbonyl (C=O) groups excluding carboxylic acids is 1. The molecule has 0 spiro atoms. The Balaban J connectivity index is 1.59. The van der Waals surface area contributed by atoms with Crippen molar-refractivity contribution >= 4 is 16.9 Å². The number of alkyl halides is 2. The van der Waals surface area contributed by atoms with E-state index in [2.05, 4.69) is 10.3 Å². The Hall–Kier alpha value is -2.87. The number of aliphatic hydroxyl groups excluding tert-OH is 1. The number of fused-ring (bicyclic) bond motifs is 1. The number of nitrogens with zero attached hydrogens (tertiary/aromatic N) is 2. The van der Waals surface area contributed by atoms with Crippen molar-refractivity contribution in [3.8, 4) is 0 Å². The molecule has 8 heteroatoms. The van der Waals surface area contributed by atoms with Crippen LogP contribution in [-0.4, -0.2) is 38.6 Å². The summed E-state index contributed by atoms with van der Waals surface area (Å²) in [5.41, 5.74) is 2.34. The second-order valence-electron chi connectivity index (χ2n) is 7.41. The van der Waals surface area contributed by atoms with Gasteiger partial charge in [-0.3, -0.25) is 9.78 Å². The average Bonchev–Trinajstić information content (AvgIpc) is 3.04. The normalized spacial score (nSPS) is 21.2. The van der Waals surface area contributed by atoms with E-state index >= 15 is 0 Å². The van der Waals surface area contributed by atoms with Gasteiger partial charge in [0, 0.05) is 31.8 Å². The van der Waals surface area contributed by atoms with Crippen molar-refractivity contribution < 1.29 is 23.1 Å². The highest BCUT2D eigenvalue weighted by Crippen LogP contribution is 2.33. The van der Waals surface area contributed by atoms with E-state index in [9.17, 15) is 23.1 Å². The van der Waals surface area contributed by atoms with Crippen molar-refractivity contribution in [1.29, 1.82) is 0 Å². The molecule has 2 aromatic heterocycles. The summed E-state index contributed by atoms with van der Waals surface area (Å²) < 4.78 is 41.8. The first-order valence-electron chi connectivity index (χ1n) is 9.37. The minimum atomic E-state index is -2.91. The zero-order valence-electron chi connectivity index (χ0n) is 15.5. The van der Waals surface area contributed by atoms with Gasteiger partial charge in [0.2, 0.25) is 0 Å². The number of hydrogen-bond donors (Lipinski definition) is 2. The lowest BCUT2D eigenvalue weighted by atomic mass is 9.89. The summed E-state index contributed by atoms with van der Waals surface area (Å²) >= 11 is 0. The van der Waals surface area contributed by atoms with Gasteiger partial charge in [0.05, 0.1) is 23.2 Å². The zero-order chi connectivity index (χ0) is 20.6. The van der Waals surface area contributed by atoms with Crippen LogP contribution < -0.4 is 5.32 Å². The lowest BCUT2D eigenvalue weighted by Gasteiger charge is -2.33. The van der Waals surface area contributed by atoms with Crippen LogP contribution in [0.1, 0.15) is 35.2 Å². The molecule has 1 amide bonds. The molecular weight excluding hydrogens is 383 g/mol. The van der Waals surface area contributed by atoms with E-state index < -0.39 is 30.4 Å². The number of benzene rings is 1. The number of nitrogens with one attached hydrogen (secondary N) is 1. The summed E-state index contributed by atoms with van der Waals surface area (Å²) in [6, 6.07) is 8.89. The summed E-state index contributed by atoms with van der Waals surface area (Å²) in [6.07, 6.45) is 0.865. The largest absolute Gasteiger partial charge is 0.391 e. The molecule has 1 aromatic carbocycles. The number of hydrogen-bond acceptors (Lipinski definition) is 3. The molecule has 1 saturated carbocycles. The van der Waals surface area contributed by atoms with Crippen molar-refractivity contribution in [2.75, 3.05) is 0 Å². The molecular formula is C21H20F3N3O2. The van der Waals surface area contributed by atoms with Gasteiger partial charge in [-0.05, 0) is 36.2 Å². The third-order valence-electron chi connectivity index (χ3n) is 5.26. The van der Waals surface area contributed by atoms with E-state index in [0.717, 1.165) is 11.1 Å². The van der Waals surface area contributed by atoms with Crippen LogP contribution in [0.15, 0.2) is 48.8 Å². The summed E-state index contributed by atoms with van der Waals surface area (Å²) in [5.74, 6) is -3.71. The maximum absolute atomic E-state index is 13.4. The third-order valence-corrected chi connectivity index (χ3v) is 5.26. The third kappa shape index (κ3) is 4.12. The van der Waals surface area contributed by atoms with Gasteiger partial charge in [0.1, 0.15) is 11.3 Å². The fraction of sp³-hybridized carbons (Fsp3) is 0.333. The van der Waals surface area contributed by atoms with Crippen LogP contribution in [-0.2, 0) is 6.54 Å². The second kappa shape index (κ2) is 7.51. The van der Waals surface area contributed by atoms with E-state index in [1.165, 1.54) is 12.1 Å². The molecule has 0 radical (unpaired) electrons. The van der Waals surface area contributed by atoms with Crippen molar-refractivity contribution in [2.24, 2.45) is 0 Å². The fourth-order valence-corrected chi connectivity index (χ4v) is 3.73. The molecule has 1 aliphatic rings. The molecule has 1 fully saturated rings. The van der Waals surface area contributed by atoms with Gasteiger partial charge in [-0.15, -0.1) is 0 Å². The molecule has 152 valence electrons. The van der Waals surface area contributed by atoms with Crippen molar-refractivity contribution in [3.63, 3.8) is 0 Å². The van der Waals surface area contributed by atoms with Gasteiger partial charge in [-0.25, -0.2) is 13.2 Å². The van der Waals surface area contributed by atoms with Gasteiger partial charge in [0.15, 0.2) is 0 Å². The van der Waals surface area contributed by atoms with Crippen LogP contribution in [0.25, 0.3) is 11.0 Å². The Morgan fingerprint density at radius 1 is 1.28 bits per heavy atom. The highest BCUT2D eigenvalue weighted by molar-refractivity contribution is 6.05. The number of aliphatic hydroxyl groups is 1. The maximum Gasteiger partial charge on any atom is 0.255 e. The first-order chi connectivity index (χ1) is 13.8. The Morgan fingerprint density at radius 2 is 2.03 bits per heavy atom. The highest BCUT2D eigenvalue weighted by atomic mass is 19.3. The molecule has 2 N–H and O–H groups in total. The quantitative estimate of drug-likeness (QED) is 0.701. The number of aromatic nitrogens is 2. The lowest BCUT2D eigenvalue weighted by molar-refractivity contribution is -0.0862. The Labute approximate surface area is 165 Å². The van der Waals surface area contributed by atoms with Crippen LogP contribution >= 0.6 is 0 Å². The van der Waals surface area contributed by atoms with Crippen LogP contribution in [0.3, 0.4) is 0 Å². The summed E-state index contributed by atoms with van der Waals surface area (Å²) in [6.45, 7) is 0.411. The number of halogens is 3. The highest BCUT2D eigenvalue weighted by Gasteiger charge is 2.41. The van der Waals surface area contributed by atoms with Crippen molar-refractivity contribution in [2.45, 2.75) is 43.9 Å². The summed E-state index contributed by atoms with van der Waals surface area (Å²) in [7, 11) is 0. The van der Waals surface area contributed by atoms with Crippen LogP contribution in [0, 0.1) is 5.82 Å². The molecule has 0 aliphatic heterocycles. The first-order valence-corrected chi connectivity index (χ1v) is 9.37. The van der Waals surface area contributed by atoms with E-state index in [-0.39, 0.29) is 18.7 Å². The number of pyridine rings is 1. The van der Waals surface area contributed by atoms with Crippen molar-refractivity contribution in [3.05, 3.63) is 65.7 Å². The van der Waals surface area contributed by atoms with E-state index in [1.54, 1.807) is 30.6 Å². The van der Waals surface area contributed by atoms with Gasteiger partial charge >= 0.3 is 0 Å². The summed E-state index contributed by atoms with van der Waals surface area (Å²) in [4.78, 5) is 17.1. The van der Waals surface area contributed by atoms with E-state index in [0.29, 0.717) is 17.6 Å². The van der Waals surface area contributed by atoms with Gasteiger partial charge in [-0.1, -0.05) is 12.1 Å². The van der Waals surface area contributed by atoms with Crippen LogP contribution in [0.4, 0.5) is 13.2 Å². The average molecular weight is 403 g/mol. The molecule has 2 heterocycles. The number of rotatable bonds is 4. The standard InChI is InChI=1S/C21H20F3N3O2/c22-14-5-3-13(4-6-14)11-27-12-15(19-17(27)2-1-9-25-19)20(29)26-16-7-8-21(23,24)10-18(16)28/h1-6,9,12,16,18,28H,7-8,10-11H2,(H,26,29)/t16?,18-/m0/s1. The Bertz CT molecular complexity index is 1030. The summed E-state index contributed by atoms with van der Waals surface area (Å²) in [5, 5.41) is 12.7. The lowest BCUT2D eigenvalue weighted by Crippen LogP contribution is -2.49. The van der Waals surface area contributed by atoms with E-state index in [4.69, 9.17) is 0 Å². The van der Waals surface area contributed by atoms with Gasteiger partial charge < -0.3 is 15.0 Å². The molecule has 0 saturated heterocycles. The molecule has 0 bridgehead atoms. The van der Waals surface area contributed by atoms with Gasteiger partial charge in [-0.2, -0.15) is 0 Å². The molecule has 5 nitrogen and oxygen atoms in total. The molecule has 3 aromatic rings. The Kier molecular flexibility index (Phi) is 5.04. The molecule has 1 aliphatic carbocycles. The second-order valence-corrected chi connectivity index (χ2v) is 7.41. The minimum Gasteiger partial charge on any atom is -0.391 e. The fourth-order valence-electron chi connectivity index (χ4n) is 3.73. The van der Waals surface area contributed by atoms with Gasteiger partial charge in [0.25, 0.3) is 11.8 Å². The zero-order valence-corrected chi connectivity index (χ0v) is 15.5. The topological polar surface area (TPSA) is 67.2 Å². The van der Waals surface area contributed by atoms with Crippen LogP contribution in [0.2, 0.25) is 0 Å². The number of carbonyl (C=O) groups is 1. The smallest absolute Gasteiger partial charge is 0.255 e. The Morgan fingerprint density at radius 3 is 2.76 bits per heavy atom. The molecule has 29 heavy (non-hydrogen) atoms. The van der Waals surface area contributed by atoms with Crippen molar-refractivity contribution in [1.82, 2.24) is 14.9 Å². The first kappa shape index (κ1) is 19.4. The predicted octanol–water partition coefficient (Wildman–Crippen LogP) is 3.50. The minimum absolute atomic E-state index is 0.00154. The van der Waals surface area contributed by atoms with Crippen LogP contribution in [0.5, 0.6) is 0 Å². The monoisotopic (exact) mass is 403 g/mol. The van der Waals surface area contributed by atoms with E-state index in [1.807, 2.05) is 10.6 Å². The molecule has 4 rings (SSSR count). The number of amides is 1. The molecule has 2 atom stereocenters. The SMILES string of the molecule is O=C(NC1CCC(F)(F)C[C@@H]1O)c1cn(Cc2ccc(F)cc2)c2cccnc12. The molecule has 1 unspecified atom stereocenters. The predicted molar refractivity (Wildman–Crippen MR) is 101 cm³/mol. The maximum atomic E-state index is 13.4.